The van der Waals surface area contributed by atoms with Crippen LogP contribution in [0.4, 0.5) is 0 Å². The van der Waals surface area contributed by atoms with E-state index >= 15 is 0 Å². The van der Waals surface area contributed by atoms with Gasteiger partial charge in [-0.2, -0.15) is 5.10 Å². The van der Waals surface area contributed by atoms with E-state index in [1.54, 1.807) is 6.92 Å². The average Bonchev–Trinajstić information content (AvgIpc) is 2.84. The second kappa shape index (κ2) is 5.86. The lowest BCUT2D eigenvalue weighted by Crippen LogP contribution is -2.16. The van der Waals surface area contributed by atoms with Gasteiger partial charge in [-0.05, 0) is 36.1 Å². The molecule has 24 heavy (non-hydrogen) atoms. The fraction of sp³-hybridized carbons (Fsp3) is 0.350. The molecule has 0 aliphatic carbocycles. The van der Waals surface area contributed by atoms with Crippen molar-refractivity contribution in [2.75, 3.05) is 0 Å². The number of fused-ring (bicyclic) bond motifs is 1. The van der Waals surface area contributed by atoms with Crippen LogP contribution in [0, 0.1) is 12.3 Å². The molecule has 0 aliphatic heterocycles. The summed E-state index contributed by atoms with van der Waals surface area (Å²) >= 11 is 0. The molecule has 0 unspecified atom stereocenters. The largest absolute Gasteiger partial charge is 0.293 e. The minimum atomic E-state index is -0.0123. The van der Waals surface area contributed by atoms with Gasteiger partial charge >= 0.3 is 0 Å². The standard InChI is InChI=1S/C20H23N3O/c1-13-6-8-17(21-11-13)15-7-9-18-16(10-15)19(14(2)24)22-23(18)12-20(3,4)5/h6-11H,12H2,1-5H3. The molecule has 2 aromatic heterocycles. The molecule has 0 aliphatic rings. The molecule has 0 saturated carbocycles. The lowest BCUT2D eigenvalue weighted by atomic mass is 9.97. The average molecular weight is 321 g/mol. The Morgan fingerprint density at radius 1 is 1.17 bits per heavy atom. The van der Waals surface area contributed by atoms with Gasteiger partial charge in [0, 0.05) is 30.6 Å². The summed E-state index contributed by atoms with van der Waals surface area (Å²) in [5, 5.41) is 5.46. The second-order valence-corrected chi connectivity index (χ2v) is 7.58. The Kier molecular flexibility index (Phi) is 3.99. The quantitative estimate of drug-likeness (QED) is 0.659. The first-order valence-electron chi connectivity index (χ1n) is 8.19. The Labute approximate surface area is 142 Å². The third-order valence-corrected chi connectivity index (χ3v) is 3.92. The normalized spacial score (nSPS) is 11.9. The number of aromatic nitrogens is 3. The molecular weight excluding hydrogens is 298 g/mol. The Hall–Kier alpha value is -2.49. The summed E-state index contributed by atoms with van der Waals surface area (Å²) in [5.41, 5.74) is 4.64. The molecule has 0 bridgehead atoms. The van der Waals surface area contributed by atoms with Gasteiger partial charge in [-0.25, -0.2) is 0 Å². The van der Waals surface area contributed by atoms with Crippen LogP contribution in [0.1, 0.15) is 43.7 Å². The lowest BCUT2D eigenvalue weighted by molar-refractivity contribution is 0.101. The van der Waals surface area contributed by atoms with Crippen molar-refractivity contribution in [1.82, 2.24) is 14.8 Å². The van der Waals surface area contributed by atoms with Crippen LogP contribution in [0.5, 0.6) is 0 Å². The first kappa shape index (κ1) is 16.4. The highest BCUT2D eigenvalue weighted by molar-refractivity contribution is 6.05. The van der Waals surface area contributed by atoms with E-state index < -0.39 is 0 Å². The van der Waals surface area contributed by atoms with Crippen LogP contribution in [-0.4, -0.2) is 20.5 Å². The number of pyridine rings is 1. The molecule has 0 fully saturated rings. The first-order valence-corrected chi connectivity index (χ1v) is 8.19. The van der Waals surface area contributed by atoms with Crippen LogP contribution in [0.25, 0.3) is 22.2 Å². The number of hydrogen-bond donors (Lipinski definition) is 0. The van der Waals surface area contributed by atoms with Gasteiger partial charge in [-0.15, -0.1) is 0 Å². The van der Waals surface area contributed by atoms with Gasteiger partial charge in [0.1, 0.15) is 5.69 Å². The molecule has 0 spiro atoms. The number of ketones is 1. The second-order valence-electron chi connectivity index (χ2n) is 7.58. The highest BCUT2D eigenvalue weighted by Gasteiger charge is 2.19. The third-order valence-electron chi connectivity index (χ3n) is 3.92. The van der Waals surface area contributed by atoms with Gasteiger partial charge < -0.3 is 0 Å². The summed E-state index contributed by atoms with van der Waals surface area (Å²) in [7, 11) is 0. The zero-order valence-corrected chi connectivity index (χ0v) is 14.9. The van der Waals surface area contributed by atoms with Crippen molar-refractivity contribution in [3.05, 3.63) is 47.8 Å². The van der Waals surface area contributed by atoms with Crippen molar-refractivity contribution in [3.8, 4) is 11.3 Å². The van der Waals surface area contributed by atoms with E-state index in [0.717, 1.165) is 34.3 Å². The van der Waals surface area contributed by atoms with Crippen LogP contribution in [-0.2, 0) is 6.54 Å². The summed E-state index contributed by atoms with van der Waals surface area (Å²) < 4.78 is 1.94. The lowest BCUT2D eigenvalue weighted by Gasteiger charge is -2.18. The zero-order valence-electron chi connectivity index (χ0n) is 14.9. The molecule has 0 N–H and O–H groups in total. The Bertz CT molecular complexity index is 899. The van der Waals surface area contributed by atoms with E-state index in [1.165, 1.54) is 0 Å². The van der Waals surface area contributed by atoms with Gasteiger partial charge in [-0.3, -0.25) is 14.5 Å². The summed E-state index contributed by atoms with van der Waals surface area (Å²) in [5.74, 6) is -0.0123. The number of rotatable bonds is 3. The minimum absolute atomic E-state index is 0.0123. The van der Waals surface area contributed by atoms with Gasteiger partial charge in [-0.1, -0.05) is 32.9 Å². The van der Waals surface area contributed by atoms with Gasteiger partial charge in [0.2, 0.25) is 0 Å². The van der Waals surface area contributed by atoms with Crippen molar-refractivity contribution >= 4 is 16.7 Å². The smallest absolute Gasteiger partial charge is 0.180 e. The van der Waals surface area contributed by atoms with Crippen LogP contribution in [0.15, 0.2) is 36.5 Å². The summed E-state index contributed by atoms with van der Waals surface area (Å²) in [6, 6.07) is 10.2. The van der Waals surface area contributed by atoms with E-state index in [-0.39, 0.29) is 11.2 Å². The summed E-state index contributed by atoms with van der Waals surface area (Å²) in [6.45, 7) is 10.8. The van der Waals surface area contributed by atoms with E-state index in [2.05, 4.69) is 30.9 Å². The Balaban J connectivity index is 2.16. The van der Waals surface area contributed by atoms with E-state index in [0.29, 0.717) is 5.69 Å². The van der Waals surface area contributed by atoms with Gasteiger partial charge in [0.25, 0.3) is 0 Å². The van der Waals surface area contributed by atoms with Crippen molar-refractivity contribution in [2.24, 2.45) is 5.41 Å². The fourth-order valence-corrected chi connectivity index (χ4v) is 2.81. The monoisotopic (exact) mass is 321 g/mol. The third kappa shape index (κ3) is 3.23. The van der Waals surface area contributed by atoms with Crippen molar-refractivity contribution in [2.45, 2.75) is 41.2 Å². The molecule has 0 amide bonds. The maximum Gasteiger partial charge on any atom is 0.180 e. The number of nitrogens with zero attached hydrogens (tertiary/aromatic N) is 3. The van der Waals surface area contributed by atoms with Crippen LogP contribution >= 0.6 is 0 Å². The molecule has 0 radical (unpaired) electrons. The highest BCUT2D eigenvalue weighted by atomic mass is 16.1. The Morgan fingerprint density at radius 2 is 1.92 bits per heavy atom. The predicted molar refractivity (Wildman–Crippen MR) is 97.2 cm³/mol. The van der Waals surface area contributed by atoms with Crippen LogP contribution < -0.4 is 0 Å². The minimum Gasteiger partial charge on any atom is -0.293 e. The molecule has 124 valence electrons. The number of benzene rings is 1. The number of aryl methyl sites for hydroxylation is 1. The van der Waals surface area contributed by atoms with Crippen molar-refractivity contribution in [1.29, 1.82) is 0 Å². The molecule has 3 aromatic rings. The number of carbonyl (C=O) groups excluding carboxylic acids is 1. The number of hydrogen-bond acceptors (Lipinski definition) is 3. The molecule has 2 heterocycles. The number of Topliss-reactive ketones (excluding diaryl/α,β-unsaturated/α-hetero) is 1. The van der Waals surface area contributed by atoms with Crippen LogP contribution in [0.2, 0.25) is 0 Å². The first-order chi connectivity index (χ1) is 11.2. The Morgan fingerprint density at radius 3 is 2.50 bits per heavy atom. The fourth-order valence-electron chi connectivity index (χ4n) is 2.81. The maximum absolute atomic E-state index is 12.0. The molecule has 4 heteroatoms. The van der Waals surface area contributed by atoms with E-state index in [1.807, 2.05) is 48.1 Å². The molecule has 1 aromatic carbocycles. The predicted octanol–water partition coefficient (Wildman–Crippen LogP) is 4.66. The molecule has 0 saturated heterocycles. The SMILES string of the molecule is CC(=O)c1nn(CC(C)(C)C)c2ccc(-c3ccc(C)cn3)cc12. The maximum atomic E-state index is 12.0. The summed E-state index contributed by atoms with van der Waals surface area (Å²) in [6.07, 6.45) is 1.86. The van der Waals surface area contributed by atoms with Crippen molar-refractivity contribution < 1.29 is 4.79 Å². The highest BCUT2D eigenvalue weighted by Crippen LogP contribution is 2.28. The number of carbonyl (C=O) groups is 1. The zero-order chi connectivity index (χ0) is 17.5. The van der Waals surface area contributed by atoms with Crippen LogP contribution in [0.3, 0.4) is 0 Å². The topological polar surface area (TPSA) is 47.8 Å². The van der Waals surface area contributed by atoms with E-state index in [4.69, 9.17) is 0 Å². The van der Waals surface area contributed by atoms with Gasteiger partial charge in [0.15, 0.2) is 5.78 Å². The molecule has 4 nitrogen and oxygen atoms in total. The van der Waals surface area contributed by atoms with Crippen molar-refractivity contribution in [3.63, 3.8) is 0 Å². The van der Waals surface area contributed by atoms with Gasteiger partial charge in [0.05, 0.1) is 11.2 Å². The van der Waals surface area contributed by atoms with E-state index in [9.17, 15) is 4.79 Å². The molecule has 0 atom stereocenters. The summed E-state index contributed by atoms with van der Waals surface area (Å²) in [4.78, 5) is 16.5. The molecule has 3 rings (SSSR count). The molecular formula is C20H23N3O.